The highest BCUT2D eigenvalue weighted by molar-refractivity contribution is 5.92. The molecule has 0 fully saturated rings. The van der Waals surface area contributed by atoms with Gasteiger partial charge in [0.15, 0.2) is 0 Å². The standard InChI is InChI=1S/C14H13NO.C2H6/c16-14(11-12-7-3-1-4-8-12)15-13-9-5-2-6-10-13;1-2/h1-10H,11H2,(H,15,16);1-2H3. The van der Waals surface area contributed by atoms with Gasteiger partial charge in [-0.1, -0.05) is 62.4 Å². The summed E-state index contributed by atoms with van der Waals surface area (Å²) in [6.07, 6.45) is 0.412. The Bertz CT molecular complexity index is 408. The Labute approximate surface area is 109 Å². The second-order valence-electron chi connectivity index (χ2n) is 3.58. The van der Waals surface area contributed by atoms with Crippen molar-refractivity contribution in [1.82, 2.24) is 0 Å². The van der Waals surface area contributed by atoms with Gasteiger partial charge in [-0.25, -0.2) is 0 Å². The molecule has 2 aromatic carbocycles. The van der Waals surface area contributed by atoms with Gasteiger partial charge in [0, 0.05) is 5.69 Å². The van der Waals surface area contributed by atoms with Crippen LogP contribution in [0, 0.1) is 0 Å². The van der Waals surface area contributed by atoms with Crippen molar-refractivity contribution in [2.75, 3.05) is 5.32 Å². The van der Waals surface area contributed by atoms with E-state index in [0.717, 1.165) is 11.3 Å². The summed E-state index contributed by atoms with van der Waals surface area (Å²) in [6.45, 7) is 4.00. The van der Waals surface area contributed by atoms with E-state index in [4.69, 9.17) is 0 Å². The number of benzene rings is 2. The molecule has 0 unspecified atom stereocenters. The predicted octanol–water partition coefficient (Wildman–Crippen LogP) is 3.89. The maximum atomic E-state index is 11.7. The highest BCUT2D eigenvalue weighted by atomic mass is 16.1. The number of amides is 1. The van der Waals surface area contributed by atoms with Crippen molar-refractivity contribution in [2.45, 2.75) is 20.3 Å². The van der Waals surface area contributed by atoms with Gasteiger partial charge in [-0.05, 0) is 17.7 Å². The van der Waals surface area contributed by atoms with E-state index in [1.165, 1.54) is 0 Å². The number of nitrogens with one attached hydrogen (secondary N) is 1. The Kier molecular flexibility index (Phi) is 6.26. The third kappa shape index (κ3) is 4.83. The van der Waals surface area contributed by atoms with Crippen molar-refractivity contribution in [2.24, 2.45) is 0 Å². The average Bonchev–Trinajstić information content (AvgIpc) is 2.43. The molecule has 0 atom stereocenters. The first-order valence-corrected chi connectivity index (χ1v) is 6.23. The van der Waals surface area contributed by atoms with Crippen molar-refractivity contribution < 1.29 is 4.79 Å². The summed E-state index contributed by atoms with van der Waals surface area (Å²) in [5.41, 5.74) is 1.86. The molecule has 0 aromatic heterocycles. The second-order valence-corrected chi connectivity index (χ2v) is 3.58. The number of carbonyl (C=O) groups is 1. The monoisotopic (exact) mass is 241 g/mol. The Morgan fingerprint density at radius 3 is 1.94 bits per heavy atom. The van der Waals surface area contributed by atoms with Gasteiger partial charge in [-0.2, -0.15) is 0 Å². The van der Waals surface area contributed by atoms with Crippen LogP contribution in [0.2, 0.25) is 0 Å². The third-order valence-corrected chi connectivity index (χ3v) is 2.27. The van der Waals surface area contributed by atoms with E-state index in [2.05, 4.69) is 5.32 Å². The van der Waals surface area contributed by atoms with Crippen molar-refractivity contribution in [3.8, 4) is 0 Å². The first-order valence-electron chi connectivity index (χ1n) is 6.23. The van der Waals surface area contributed by atoms with Crippen LogP contribution in [0.1, 0.15) is 19.4 Å². The second kappa shape index (κ2) is 8.07. The quantitative estimate of drug-likeness (QED) is 0.867. The molecule has 0 aliphatic rings. The Balaban J connectivity index is 0.000000771. The molecule has 0 aliphatic heterocycles. The number of hydrogen-bond donors (Lipinski definition) is 1. The van der Waals surface area contributed by atoms with Gasteiger partial charge >= 0.3 is 0 Å². The van der Waals surface area contributed by atoms with Crippen molar-refractivity contribution >= 4 is 11.6 Å². The predicted molar refractivity (Wildman–Crippen MR) is 76.6 cm³/mol. The summed E-state index contributed by atoms with van der Waals surface area (Å²) in [5, 5.41) is 2.85. The van der Waals surface area contributed by atoms with Crippen LogP contribution in [0.25, 0.3) is 0 Å². The van der Waals surface area contributed by atoms with E-state index in [0.29, 0.717) is 6.42 Å². The van der Waals surface area contributed by atoms with Gasteiger partial charge in [0.05, 0.1) is 6.42 Å². The lowest BCUT2D eigenvalue weighted by atomic mass is 10.1. The summed E-state index contributed by atoms with van der Waals surface area (Å²) >= 11 is 0. The van der Waals surface area contributed by atoms with Crippen LogP contribution in [0.4, 0.5) is 5.69 Å². The van der Waals surface area contributed by atoms with Gasteiger partial charge in [-0.15, -0.1) is 0 Å². The highest BCUT2D eigenvalue weighted by Gasteiger charge is 2.02. The van der Waals surface area contributed by atoms with Crippen LogP contribution in [0.3, 0.4) is 0 Å². The fourth-order valence-corrected chi connectivity index (χ4v) is 1.51. The summed E-state index contributed by atoms with van der Waals surface area (Å²) in [7, 11) is 0. The van der Waals surface area contributed by atoms with E-state index in [9.17, 15) is 4.79 Å². The molecule has 0 bridgehead atoms. The molecule has 2 aromatic rings. The molecule has 0 heterocycles. The smallest absolute Gasteiger partial charge is 0.228 e. The molecule has 0 saturated heterocycles. The molecule has 0 spiro atoms. The lowest BCUT2D eigenvalue weighted by Gasteiger charge is -2.04. The fraction of sp³-hybridized carbons (Fsp3) is 0.188. The van der Waals surface area contributed by atoms with E-state index in [1.54, 1.807) is 0 Å². The third-order valence-electron chi connectivity index (χ3n) is 2.27. The van der Waals surface area contributed by atoms with Crippen molar-refractivity contribution in [3.63, 3.8) is 0 Å². The van der Waals surface area contributed by atoms with E-state index < -0.39 is 0 Å². The van der Waals surface area contributed by atoms with Crippen molar-refractivity contribution in [1.29, 1.82) is 0 Å². The maximum Gasteiger partial charge on any atom is 0.228 e. The topological polar surface area (TPSA) is 29.1 Å². The maximum absolute atomic E-state index is 11.7. The van der Waals surface area contributed by atoms with Gasteiger partial charge in [0.2, 0.25) is 5.91 Å². The van der Waals surface area contributed by atoms with Crippen LogP contribution >= 0.6 is 0 Å². The summed E-state index contributed by atoms with van der Waals surface area (Å²) < 4.78 is 0. The highest BCUT2D eigenvalue weighted by Crippen LogP contribution is 2.06. The average molecular weight is 241 g/mol. The Morgan fingerprint density at radius 1 is 0.889 bits per heavy atom. The minimum absolute atomic E-state index is 0.0115. The molecule has 0 saturated carbocycles. The zero-order chi connectivity index (χ0) is 13.2. The fourth-order valence-electron chi connectivity index (χ4n) is 1.51. The first kappa shape index (κ1) is 14.0. The van der Waals surface area contributed by atoms with Crippen LogP contribution in [0.15, 0.2) is 60.7 Å². The number of para-hydroxylation sites is 1. The molecule has 1 N–H and O–H groups in total. The van der Waals surface area contributed by atoms with Gasteiger partial charge < -0.3 is 5.32 Å². The molecular formula is C16H19NO. The molecular weight excluding hydrogens is 222 g/mol. The summed E-state index contributed by atoms with van der Waals surface area (Å²) in [5.74, 6) is 0.0115. The van der Waals surface area contributed by atoms with Crippen LogP contribution in [-0.4, -0.2) is 5.91 Å². The molecule has 0 radical (unpaired) electrons. The Morgan fingerprint density at radius 2 is 1.39 bits per heavy atom. The molecule has 94 valence electrons. The molecule has 0 aliphatic carbocycles. The van der Waals surface area contributed by atoms with Crippen molar-refractivity contribution in [3.05, 3.63) is 66.2 Å². The van der Waals surface area contributed by atoms with Crippen LogP contribution in [-0.2, 0) is 11.2 Å². The van der Waals surface area contributed by atoms with E-state index in [-0.39, 0.29) is 5.91 Å². The summed E-state index contributed by atoms with van der Waals surface area (Å²) in [6, 6.07) is 19.2. The minimum Gasteiger partial charge on any atom is -0.326 e. The zero-order valence-corrected chi connectivity index (χ0v) is 10.9. The van der Waals surface area contributed by atoms with E-state index >= 15 is 0 Å². The molecule has 2 nitrogen and oxygen atoms in total. The van der Waals surface area contributed by atoms with E-state index in [1.807, 2.05) is 74.5 Å². The summed E-state index contributed by atoms with van der Waals surface area (Å²) in [4.78, 5) is 11.7. The SMILES string of the molecule is CC.O=C(Cc1ccccc1)Nc1ccccc1. The van der Waals surface area contributed by atoms with Crippen LogP contribution in [0.5, 0.6) is 0 Å². The molecule has 1 amide bonds. The molecule has 18 heavy (non-hydrogen) atoms. The lowest BCUT2D eigenvalue weighted by Crippen LogP contribution is -2.14. The van der Waals surface area contributed by atoms with Gasteiger partial charge in [0.25, 0.3) is 0 Å². The van der Waals surface area contributed by atoms with Crippen LogP contribution < -0.4 is 5.32 Å². The van der Waals surface area contributed by atoms with Gasteiger partial charge in [-0.3, -0.25) is 4.79 Å². The number of carbonyl (C=O) groups excluding carboxylic acids is 1. The molecule has 2 heteroatoms. The Hall–Kier alpha value is -2.09. The lowest BCUT2D eigenvalue weighted by molar-refractivity contribution is -0.115. The largest absolute Gasteiger partial charge is 0.326 e. The molecule has 2 rings (SSSR count). The van der Waals surface area contributed by atoms with Gasteiger partial charge in [0.1, 0.15) is 0 Å². The number of hydrogen-bond acceptors (Lipinski definition) is 1. The number of rotatable bonds is 3. The normalized spacial score (nSPS) is 9.00. The first-order chi connectivity index (χ1) is 8.84. The zero-order valence-electron chi connectivity index (χ0n) is 10.9. The minimum atomic E-state index is 0.0115. The number of anilines is 1.